The molecule has 1 amide bonds. The highest BCUT2D eigenvalue weighted by molar-refractivity contribution is 6.30. The standard InChI is InChI=1S/C24H25ClN4O3/c1-29(2)23-18(14-30)22(25)27-21(28-23)13-15-7-10-17(11-8-15)26-24(31)20-12-9-16-5-3-4-6-19(16)32-20/h3-8,10-11,20,30H,9,12-14H2,1-2H3,(H,26,31)/t20-/m0/s1. The van der Waals surface area contributed by atoms with Gasteiger partial charge in [-0.25, -0.2) is 9.97 Å². The van der Waals surface area contributed by atoms with E-state index < -0.39 is 6.10 Å². The van der Waals surface area contributed by atoms with E-state index in [0.29, 0.717) is 35.7 Å². The number of aliphatic hydroxyl groups is 1. The number of amides is 1. The Morgan fingerprint density at radius 3 is 2.66 bits per heavy atom. The number of halogens is 1. The second kappa shape index (κ2) is 9.54. The Morgan fingerprint density at radius 2 is 1.94 bits per heavy atom. The van der Waals surface area contributed by atoms with E-state index in [2.05, 4.69) is 15.3 Å². The van der Waals surface area contributed by atoms with Crippen molar-refractivity contribution in [3.05, 3.63) is 76.2 Å². The van der Waals surface area contributed by atoms with Gasteiger partial charge in [0.1, 0.15) is 22.5 Å². The molecule has 1 aliphatic heterocycles. The Morgan fingerprint density at radius 1 is 1.19 bits per heavy atom. The fourth-order valence-corrected chi connectivity index (χ4v) is 3.93. The van der Waals surface area contributed by atoms with Crippen molar-refractivity contribution in [1.82, 2.24) is 9.97 Å². The maximum absolute atomic E-state index is 12.7. The number of hydrogen-bond donors (Lipinski definition) is 2. The monoisotopic (exact) mass is 452 g/mol. The van der Waals surface area contributed by atoms with Crippen LogP contribution in [0.1, 0.15) is 28.9 Å². The van der Waals surface area contributed by atoms with E-state index in [1.165, 1.54) is 0 Å². The molecule has 0 unspecified atom stereocenters. The first kappa shape index (κ1) is 22.0. The highest BCUT2D eigenvalue weighted by Crippen LogP contribution is 2.28. The smallest absolute Gasteiger partial charge is 0.265 e. The van der Waals surface area contributed by atoms with Crippen LogP contribution in [0.3, 0.4) is 0 Å². The van der Waals surface area contributed by atoms with Gasteiger partial charge in [-0.3, -0.25) is 4.79 Å². The number of carbonyl (C=O) groups is 1. The van der Waals surface area contributed by atoms with Crippen LogP contribution in [0, 0.1) is 0 Å². The minimum atomic E-state index is -0.505. The molecule has 166 valence electrons. The lowest BCUT2D eigenvalue weighted by Crippen LogP contribution is -2.35. The van der Waals surface area contributed by atoms with E-state index in [4.69, 9.17) is 16.3 Å². The van der Waals surface area contributed by atoms with Crippen molar-refractivity contribution in [2.24, 2.45) is 0 Å². The first-order valence-electron chi connectivity index (χ1n) is 10.4. The van der Waals surface area contributed by atoms with Gasteiger partial charge in [0, 0.05) is 26.2 Å². The van der Waals surface area contributed by atoms with E-state index in [1.807, 2.05) is 62.6 Å². The highest BCUT2D eigenvalue weighted by Gasteiger charge is 2.25. The van der Waals surface area contributed by atoms with Crippen LogP contribution in [-0.4, -0.2) is 41.2 Å². The Labute approximate surface area is 192 Å². The van der Waals surface area contributed by atoms with Crippen LogP contribution < -0.4 is 15.0 Å². The zero-order valence-electron chi connectivity index (χ0n) is 18.0. The van der Waals surface area contributed by atoms with Gasteiger partial charge in [-0.05, 0) is 42.2 Å². The van der Waals surface area contributed by atoms with Crippen molar-refractivity contribution in [3.8, 4) is 5.75 Å². The summed E-state index contributed by atoms with van der Waals surface area (Å²) in [6.07, 6.45) is 1.44. The molecule has 1 aliphatic rings. The Balaban J connectivity index is 1.41. The minimum Gasteiger partial charge on any atom is -0.480 e. The molecule has 0 spiro atoms. The molecule has 4 rings (SSSR count). The lowest BCUT2D eigenvalue weighted by molar-refractivity contribution is -0.123. The molecule has 0 saturated carbocycles. The SMILES string of the molecule is CN(C)c1nc(Cc2ccc(NC(=O)[C@@H]3CCc4ccccc4O3)cc2)nc(Cl)c1CO. The number of carbonyl (C=O) groups excluding carboxylic acids is 1. The van der Waals surface area contributed by atoms with Gasteiger partial charge in [0.25, 0.3) is 5.91 Å². The zero-order chi connectivity index (χ0) is 22.7. The fourth-order valence-electron chi connectivity index (χ4n) is 3.69. The van der Waals surface area contributed by atoms with E-state index in [0.717, 1.165) is 23.3 Å². The molecule has 8 heteroatoms. The number of aliphatic hydroxyl groups excluding tert-OH is 1. The van der Waals surface area contributed by atoms with Gasteiger partial charge in [0.2, 0.25) is 0 Å². The number of nitrogens with one attached hydrogen (secondary N) is 1. The van der Waals surface area contributed by atoms with E-state index in [-0.39, 0.29) is 17.7 Å². The first-order valence-corrected chi connectivity index (χ1v) is 10.8. The molecular weight excluding hydrogens is 428 g/mol. The summed E-state index contributed by atoms with van der Waals surface area (Å²) in [7, 11) is 3.68. The molecule has 0 radical (unpaired) electrons. The normalized spacial score (nSPS) is 14.9. The maximum Gasteiger partial charge on any atom is 0.265 e. The molecule has 2 aromatic carbocycles. The van der Waals surface area contributed by atoms with E-state index in [9.17, 15) is 9.90 Å². The molecule has 1 atom stereocenters. The quantitative estimate of drug-likeness (QED) is 0.555. The van der Waals surface area contributed by atoms with Crippen LogP contribution in [0.25, 0.3) is 0 Å². The molecule has 0 aliphatic carbocycles. The van der Waals surface area contributed by atoms with E-state index >= 15 is 0 Å². The molecule has 2 N–H and O–H groups in total. The van der Waals surface area contributed by atoms with Crippen molar-refractivity contribution in [2.75, 3.05) is 24.3 Å². The Kier molecular flexibility index (Phi) is 6.58. The molecule has 2 heterocycles. The number of nitrogens with zero attached hydrogens (tertiary/aromatic N) is 3. The average molecular weight is 453 g/mol. The van der Waals surface area contributed by atoms with Crippen LogP contribution in [0.4, 0.5) is 11.5 Å². The zero-order valence-corrected chi connectivity index (χ0v) is 18.8. The van der Waals surface area contributed by atoms with Gasteiger partial charge in [-0.15, -0.1) is 0 Å². The topological polar surface area (TPSA) is 87.6 Å². The number of ether oxygens (including phenoxy) is 1. The highest BCUT2D eigenvalue weighted by atomic mass is 35.5. The van der Waals surface area contributed by atoms with Crippen molar-refractivity contribution < 1.29 is 14.6 Å². The predicted molar refractivity (Wildman–Crippen MR) is 124 cm³/mol. The largest absolute Gasteiger partial charge is 0.480 e. The third-order valence-corrected chi connectivity index (χ3v) is 5.67. The third-order valence-electron chi connectivity index (χ3n) is 5.36. The summed E-state index contributed by atoms with van der Waals surface area (Å²) in [5, 5.41) is 12.7. The summed E-state index contributed by atoms with van der Waals surface area (Å²) < 4.78 is 5.87. The number of fused-ring (bicyclic) bond motifs is 1. The molecule has 7 nitrogen and oxygen atoms in total. The van der Waals surface area contributed by atoms with Gasteiger partial charge < -0.3 is 20.1 Å². The van der Waals surface area contributed by atoms with Crippen molar-refractivity contribution in [2.45, 2.75) is 32.0 Å². The molecule has 0 saturated heterocycles. The van der Waals surface area contributed by atoms with Crippen LogP contribution in [0.2, 0.25) is 5.15 Å². The summed E-state index contributed by atoms with van der Waals surface area (Å²) in [4.78, 5) is 23.3. The second-order valence-electron chi connectivity index (χ2n) is 7.90. The van der Waals surface area contributed by atoms with Gasteiger partial charge in [0.15, 0.2) is 6.10 Å². The number of anilines is 2. The molecule has 32 heavy (non-hydrogen) atoms. The van der Waals surface area contributed by atoms with E-state index in [1.54, 1.807) is 4.90 Å². The number of rotatable bonds is 6. The number of aryl methyl sites for hydroxylation is 1. The van der Waals surface area contributed by atoms with Crippen molar-refractivity contribution >= 4 is 29.0 Å². The summed E-state index contributed by atoms with van der Waals surface area (Å²) in [6.45, 7) is -0.225. The number of hydrogen-bond acceptors (Lipinski definition) is 6. The number of aromatic nitrogens is 2. The Hall–Kier alpha value is -3.16. The molecule has 0 fully saturated rings. The van der Waals surface area contributed by atoms with Crippen molar-refractivity contribution in [3.63, 3.8) is 0 Å². The maximum atomic E-state index is 12.7. The Bertz CT molecular complexity index is 1120. The van der Waals surface area contributed by atoms with Crippen LogP contribution in [0.5, 0.6) is 5.75 Å². The van der Waals surface area contributed by atoms with Crippen LogP contribution in [0.15, 0.2) is 48.5 Å². The number of para-hydroxylation sites is 1. The summed E-state index contributed by atoms with van der Waals surface area (Å²) in [6, 6.07) is 15.3. The first-order chi connectivity index (χ1) is 15.4. The second-order valence-corrected chi connectivity index (χ2v) is 8.26. The minimum absolute atomic E-state index is 0.155. The third kappa shape index (κ3) is 4.84. The lowest BCUT2D eigenvalue weighted by atomic mass is 10.0. The van der Waals surface area contributed by atoms with Crippen LogP contribution in [-0.2, 0) is 24.2 Å². The summed E-state index contributed by atoms with van der Waals surface area (Å²) >= 11 is 6.24. The fraction of sp³-hybridized carbons (Fsp3) is 0.292. The van der Waals surface area contributed by atoms with Gasteiger partial charge in [0.05, 0.1) is 12.2 Å². The van der Waals surface area contributed by atoms with Crippen molar-refractivity contribution in [1.29, 1.82) is 0 Å². The van der Waals surface area contributed by atoms with Gasteiger partial charge in [-0.1, -0.05) is 41.9 Å². The van der Waals surface area contributed by atoms with Gasteiger partial charge in [-0.2, -0.15) is 0 Å². The summed E-state index contributed by atoms with van der Waals surface area (Å²) in [5.41, 5.74) is 3.31. The summed E-state index contributed by atoms with van der Waals surface area (Å²) in [5.74, 6) is 1.78. The number of benzene rings is 2. The molecule has 3 aromatic rings. The van der Waals surface area contributed by atoms with Gasteiger partial charge >= 0.3 is 0 Å². The molecule has 0 bridgehead atoms. The average Bonchev–Trinajstić information content (AvgIpc) is 2.79. The molecular formula is C24H25ClN4O3. The van der Waals surface area contributed by atoms with Crippen LogP contribution >= 0.6 is 11.6 Å². The predicted octanol–water partition coefficient (Wildman–Crippen LogP) is 3.61. The lowest BCUT2D eigenvalue weighted by Gasteiger charge is -2.25. The molecule has 1 aromatic heterocycles.